The number of halogens is 3. The van der Waals surface area contributed by atoms with Crippen LogP contribution in [0.1, 0.15) is 77.9 Å². The zero-order valence-corrected chi connectivity index (χ0v) is 72.1. The highest BCUT2D eigenvalue weighted by atomic mass is 19.4. The van der Waals surface area contributed by atoms with Crippen molar-refractivity contribution in [3.05, 3.63) is 430 Å². The Labute approximate surface area is 723 Å². The second-order valence-electron chi connectivity index (χ2n) is 33.7. The lowest BCUT2D eigenvalue weighted by molar-refractivity contribution is -0.137. The molecule has 0 fully saturated rings. The van der Waals surface area contributed by atoms with Crippen molar-refractivity contribution in [2.24, 2.45) is 0 Å². The highest BCUT2D eigenvalue weighted by Crippen LogP contribution is 2.48. The smallest absolute Gasteiger partial charge is 0.310 e. The molecular formula is C114H97B2F3N4. The lowest BCUT2D eigenvalue weighted by atomic mass is 9.33. The van der Waals surface area contributed by atoms with Crippen LogP contribution in [0.25, 0.3) is 54.6 Å². The molecule has 18 aromatic rings. The fourth-order valence-corrected chi connectivity index (χ4v) is 20.6. The van der Waals surface area contributed by atoms with Crippen molar-refractivity contribution in [2.45, 2.75) is 96.2 Å². The van der Waals surface area contributed by atoms with E-state index in [0.717, 1.165) is 184 Å². The molecule has 0 bridgehead atoms. The van der Waals surface area contributed by atoms with E-state index in [1.807, 2.05) is 13.8 Å². The number of hydrogen-bond donors (Lipinski definition) is 0. The number of para-hydroxylation sites is 8. The predicted molar refractivity (Wildman–Crippen MR) is 521 cm³/mol. The summed E-state index contributed by atoms with van der Waals surface area (Å²) < 4.78 is 46.6. The molecule has 9 heteroatoms. The van der Waals surface area contributed by atoms with Crippen LogP contribution in [0.15, 0.2) is 352 Å². The Hall–Kier alpha value is -13.9. The molecular weight excluding hydrogens is 1500 g/mol. The summed E-state index contributed by atoms with van der Waals surface area (Å²) in [4.78, 5) is 9.43. The molecule has 0 saturated heterocycles. The molecule has 0 aliphatic carbocycles. The number of aryl methyl sites for hydroxylation is 13. The fraction of sp³-hybridized carbons (Fsp3) is 0.123. The normalized spacial score (nSPS) is 11.6. The van der Waals surface area contributed by atoms with Gasteiger partial charge >= 0.3 is 6.18 Å². The fourth-order valence-electron chi connectivity index (χ4n) is 20.6. The first-order valence-electron chi connectivity index (χ1n) is 42.7. The Bertz CT molecular complexity index is 6430. The second-order valence-corrected chi connectivity index (χ2v) is 33.7. The van der Waals surface area contributed by atoms with Gasteiger partial charge in [0.15, 0.2) is 0 Å². The molecule has 4 nitrogen and oxygen atoms in total. The first-order chi connectivity index (χ1) is 59.6. The molecule has 18 rings (SSSR count). The van der Waals surface area contributed by atoms with E-state index >= 15 is 13.2 Å². The molecule has 0 aliphatic rings. The minimum absolute atomic E-state index is 0.386. The maximum absolute atomic E-state index is 15.5. The van der Waals surface area contributed by atoms with Gasteiger partial charge in [-0.25, -0.2) is 0 Å². The molecule has 0 radical (unpaired) electrons. The summed E-state index contributed by atoms with van der Waals surface area (Å²) in [7, 11) is 0. The topological polar surface area (TPSA) is 13.0 Å². The van der Waals surface area contributed by atoms with E-state index in [2.05, 4.69) is 435 Å². The number of benzene rings is 18. The lowest BCUT2D eigenvalue weighted by Crippen LogP contribution is -2.56. The zero-order valence-electron chi connectivity index (χ0n) is 72.1. The van der Waals surface area contributed by atoms with Crippen LogP contribution >= 0.6 is 0 Å². The number of hydrogen-bond acceptors (Lipinski definition) is 4. The van der Waals surface area contributed by atoms with Gasteiger partial charge in [0, 0.05) is 68.2 Å². The monoisotopic (exact) mass is 1600 g/mol. The van der Waals surface area contributed by atoms with Crippen LogP contribution in [-0.4, -0.2) is 13.4 Å². The largest absolute Gasteiger partial charge is 0.416 e. The van der Waals surface area contributed by atoms with Crippen molar-refractivity contribution in [3.63, 3.8) is 0 Å². The van der Waals surface area contributed by atoms with E-state index in [0.29, 0.717) is 11.1 Å². The number of alkyl halides is 3. The molecule has 0 aromatic heterocycles. The molecule has 123 heavy (non-hydrogen) atoms. The van der Waals surface area contributed by atoms with E-state index in [4.69, 9.17) is 0 Å². The van der Waals surface area contributed by atoms with Crippen LogP contribution in [0, 0.1) is 90.0 Å². The van der Waals surface area contributed by atoms with Gasteiger partial charge in [-0.15, -0.1) is 0 Å². The Morgan fingerprint density at radius 3 is 0.602 bits per heavy atom. The van der Waals surface area contributed by atoms with Crippen molar-refractivity contribution < 1.29 is 13.2 Å². The third-order valence-corrected chi connectivity index (χ3v) is 25.3. The second kappa shape index (κ2) is 32.9. The van der Waals surface area contributed by atoms with Gasteiger partial charge in [-0.3, -0.25) is 0 Å². The molecule has 18 aromatic carbocycles. The van der Waals surface area contributed by atoms with E-state index < -0.39 is 18.5 Å². The standard InChI is InChI=1S/C114H97B2F3N4/c1-72-58-73(2)106(74(3)59-72)102-70-104(115(110-77(6)62-94(63-78(110)7)120(86-38-22-14-23-39-86)87-40-24-15-25-41-87)111-79(8)64-95(65-80(111)9)121(88-42-26-16-27-43-88)89-44-28-17-29-45-89)100-57-55-99-103(107-75(4)60-85(61-76(107)5)114(117,118)119)71-105(101-56-54-98(102)108(100)109(99)101)116(112-81(10)66-96(67-82(112)11)122(90-46-30-18-31-47-90)91-48-32-19-33-49-91)113-83(12)68-97(69-84(113)13)123(92-50-34-20-35-51-92)93-52-36-21-37-53-93/h14-71H,1-13H3. The van der Waals surface area contributed by atoms with E-state index in [1.54, 1.807) is 0 Å². The molecule has 0 heterocycles. The lowest BCUT2D eigenvalue weighted by Gasteiger charge is -2.32. The molecule has 600 valence electrons. The Morgan fingerprint density at radius 2 is 0.398 bits per heavy atom. The summed E-state index contributed by atoms with van der Waals surface area (Å²) in [6, 6.07) is 126. The van der Waals surface area contributed by atoms with Crippen molar-refractivity contribution >= 4 is 147 Å². The van der Waals surface area contributed by atoms with Crippen molar-refractivity contribution in [1.29, 1.82) is 0 Å². The van der Waals surface area contributed by atoms with Crippen LogP contribution < -0.4 is 52.4 Å². The maximum atomic E-state index is 15.5. The van der Waals surface area contributed by atoms with Gasteiger partial charge in [0.25, 0.3) is 0 Å². The van der Waals surface area contributed by atoms with Gasteiger partial charge in [-0.2, -0.15) is 13.2 Å². The van der Waals surface area contributed by atoms with Gasteiger partial charge in [-0.1, -0.05) is 277 Å². The summed E-state index contributed by atoms with van der Waals surface area (Å²) in [6.45, 7) is 28.0. The molecule has 0 aliphatic heterocycles. The van der Waals surface area contributed by atoms with Gasteiger partial charge in [0.05, 0.1) is 5.56 Å². The van der Waals surface area contributed by atoms with Crippen LogP contribution in [-0.2, 0) is 6.18 Å². The summed E-state index contributed by atoms with van der Waals surface area (Å²) in [5.74, 6) is 0. The van der Waals surface area contributed by atoms with Gasteiger partial charge in [0.2, 0.25) is 13.4 Å². The van der Waals surface area contributed by atoms with Crippen LogP contribution in [0.5, 0.6) is 0 Å². The van der Waals surface area contributed by atoms with Crippen molar-refractivity contribution in [2.75, 3.05) is 19.6 Å². The van der Waals surface area contributed by atoms with E-state index in [-0.39, 0.29) is 6.71 Å². The Morgan fingerprint density at radius 1 is 0.203 bits per heavy atom. The highest BCUT2D eigenvalue weighted by Gasteiger charge is 2.38. The molecule has 0 spiro atoms. The van der Waals surface area contributed by atoms with E-state index in [9.17, 15) is 0 Å². The molecule has 0 amide bonds. The minimum Gasteiger partial charge on any atom is -0.310 e. The van der Waals surface area contributed by atoms with Crippen LogP contribution in [0.2, 0.25) is 0 Å². The Balaban J connectivity index is 0.987. The quantitative estimate of drug-likeness (QED) is 0.0557. The number of nitrogens with zero attached hydrogens (tertiary/aromatic N) is 4. The average molecular weight is 1600 g/mol. The first-order valence-corrected chi connectivity index (χ1v) is 42.7. The molecule has 0 unspecified atom stereocenters. The zero-order chi connectivity index (χ0) is 85.2. The summed E-state index contributed by atoms with van der Waals surface area (Å²) in [6.07, 6.45) is -4.58. The van der Waals surface area contributed by atoms with E-state index in [1.165, 1.54) is 45.3 Å². The summed E-state index contributed by atoms with van der Waals surface area (Å²) in [5.41, 5.74) is 36.2. The number of rotatable bonds is 20. The van der Waals surface area contributed by atoms with Crippen molar-refractivity contribution in [3.8, 4) is 22.3 Å². The van der Waals surface area contributed by atoms with Gasteiger partial charge < -0.3 is 19.6 Å². The predicted octanol–water partition coefficient (Wildman–Crippen LogP) is 27.9. The van der Waals surface area contributed by atoms with Gasteiger partial charge in [-0.05, 0) is 325 Å². The number of anilines is 12. The third-order valence-electron chi connectivity index (χ3n) is 25.3. The average Bonchev–Trinajstić information content (AvgIpc) is 0.694. The van der Waals surface area contributed by atoms with Crippen LogP contribution in [0.3, 0.4) is 0 Å². The Kier molecular flexibility index (Phi) is 21.5. The molecule has 0 saturated carbocycles. The summed E-state index contributed by atoms with van der Waals surface area (Å²) in [5, 5.41) is 6.35. The van der Waals surface area contributed by atoms with Crippen LogP contribution in [0.4, 0.5) is 81.4 Å². The molecule has 0 atom stereocenters. The molecule has 0 N–H and O–H groups in total. The SMILES string of the molecule is Cc1cc(C)c(-c2cc(B(c3c(C)cc(N(c4ccccc4)c4ccccc4)cc3C)c3c(C)cc(N(c4ccccc4)c4ccccc4)cc3C)c3ccc4c(-c5c(C)cc(C(F)(F)F)cc5C)cc(B(c5c(C)cc(N(c6ccccc6)c6ccccc6)cc5C)c5c(C)cc(N(c6ccccc6)c6ccccc6)cc5C)c5ccc2c3c54)c(C)c1. The minimum atomic E-state index is -4.58. The third kappa shape index (κ3) is 14.9. The van der Waals surface area contributed by atoms with Crippen molar-refractivity contribution in [1.82, 2.24) is 0 Å². The van der Waals surface area contributed by atoms with Gasteiger partial charge in [0.1, 0.15) is 0 Å². The summed E-state index contributed by atoms with van der Waals surface area (Å²) >= 11 is 0. The maximum Gasteiger partial charge on any atom is 0.416 e. The highest BCUT2D eigenvalue weighted by molar-refractivity contribution is 6.99. The first kappa shape index (κ1) is 80.2.